The summed E-state index contributed by atoms with van der Waals surface area (Å²) in [7, 11) is 0. The summed E-state index contributed by atoms with van der Waals surface area (Å²) in [4.78, 5) is 11.8. The van der Waals surface area contributed by atoms with Gasteiger partial charge in [0.1, 0.15) is 18.1 Å². The fourth-order valence-corrected chi connectivity index (χ4v) is 2.18. The Bertz CT molecular complexity index is 730. The van der Waals surface area contributed by atoms with Gasteiger partial charge in [0.05, 0.1) is 18.2 Å². The molecule has 0 amide bonds. The van der Waals surface area contributed by atoms with Crippen LogP contribution in [0.25, 0.3) is 0 Å². The minimum absolute atomic E-state index is 0.0777. The molecule has 0 radical (unpaired) electrons. The first kappa shape index (κ1) is 17.6. The van der Waals surface area contributed by atoms with E-state index in [1.54, 1.807) is 18.2 Å². The average molecular weight is 323 g/mol. The molecule has 24 heavy (non-hydrogen) atoms. The van der Waals surface area contributed by atoms with Gasteiger partial charge in [-0.15, -0.1) is 0 Å². The monoisotopic (exact) mass is 323 g/mol. The fraction of sp³-hybridized carbons (Fsp3) is 0.300. The molecule has 0 spiro atoms. The van der Waals surface area contributed by atoms with Crippen molar-refractivity contribution in [2.75, 3.05) is 6.61 Å². The Morgan fingerprint density at radius 2 is 1.88 bits per heavy atom. The molecule has 0 bridgehead atoms. The molecule has 2 aromatic rings. The van der Waals surface area contributed by atoms with Gasteiger partial charge in [0.25, 0.3) is 0 Å². The molecule has 0 N–H and O–H groups in total. The topological polar surface area (TPSA) is 59.3 Å². The molecule has 2 rings (SSSR count). The minimum atomic E-state index is -0.0777. The average Bonchev–Trinajstić information content (AvgIpc) is 2.58. The largest absolute Gasteiger partial charge is 0.493 e. The normalized spacial score (nSPS) is 10.0. The predicted molar refractivity (Wildman–Crippen MR) is 92.3 cm³/mol. The molecular formula is C20H21NO3. The Kier molecular flexibility index (Phi) is 6.39. The van der Waals surface area contributed by atoms with E-state index in [1.165, 1.54) is 12.5 Å². The summed E-state index contributed by atoms with van der Waals surface area (Å²) < 4.78 is 11.4. The molecule has 0 fully saturated rings. The lowest BCUT2D eigenvalue weighted by molar-refractivity contribution is 0.101. The van der Waals surface area contributed by atoms with E-state index in [2.05, 4.69) is 6.07 Å². The van der Waals surface area contributed by atoms with E-state index in [0.717, 1.165) is 5.56 Å². The molecule has 0 aromatic heterocycles. The van der Waals surface area contributed by atoms with Crippen LogP contribution in [0.4, 0.5) is 0 Å². The number of carbonyl (C=O) groups excluding carboxylic acids is 1. The maximum Gasteiger partial charge on any atom is 0.163 e. The number of hydrogen-bond acceptors (Lipinski definition) is 4. The van der Waals surface area contributed by atoms with Crippen molar-refractivity contribution in [2.24, 2.45) is 0 Å². The first-order valence-electron chi connectivity index (χ1n) is 7.93. The number of nitriles is 1. The van der Waals surface area contributed by atoms with Crippen LogP contribution in [0.3, 0.4) is 0 Å². The maximum atomic E-state index is 11.8. The summed E-state index contributed by atoms with van der Waals surface area (Å²) in [5, 5.41) is 8.53. The fourth-order valence-electron chi connectivity index (χ4n) is 2.18. The second-order valence-corrected chi connectivity index (χ2v) is 5.60. The van der Waals surface area contributed by atoms with Crippen LogP contribution in [0, 0.1) is 18.3 Å². The van der Waals surface area contributed by atoms with Crippen LogP contribution >= 0.6 is 0 Å². The zero-order chi connectivity index (χ0) is 17.4. The second-order valence-electron chi connectivity index (χ2n) is 5.60. The minimum Gasteiger partial charge on any atom is -0.493 e. The number of hydrogen-bond donors (Lipinski definition) is 0. The highest BCUT2D eigenvalue weighted by Gasteiger charge is 2.10. The SMILES string of the molecule is CC(=O)c1cc(OCc2ccc(C)cc2)ccc1OCCCC#N. The number of carbonyl (C=O) groups is 1. The van der Waals surface area contributed by atoms with Gasteiger partial charge in [0.2, 0.25) is 0 Å². The lowest BCUT2D eigenvalue weighted by Gasteiger charge is -2.12. The molecule has 4 heteroatoms. The Hall–Kier alpha value is -2.80. The molecule has 0 unspecified atom stereocenters. The predicted octanol–water partition coefficient (Wildman–Crippen LogP) is 4.46. The Labute approximate surface area is 142 Å². The lowest BCUT2D eigenvalue weighted by Crippen LogP contribution is -2.04. The number of nitrogens with zero attached hydrogens (tertiary/aromatic N) is 1. The highest BCUT2D eigenvalue weighted by molar-refractivity contribution is 5.97. The van der Waals surface area contributed by atoms with Gasteiger partial charge in [-0.05, 0) is 44.0 Å². The molecule has 0 saturated carbocycles. The summed E-state index contributed by atoms with van der Waals surface area (Å²) in [5.74, 6) is 1.08. The van der Waals surface area contributed by atoms with Crippen molar-refractivity contribution in [1.82, 2.24) is 0 Å². The van der Waals surface area contributed by atoms with E-state index in [0.29, 0.717) is 43.1 Å². The summed E-state index contributed by atoms with van der Waals surface area (Å²) >= 11 is 0. The van der Waals surface area contributed by atoms with Crippen molar-refractivity contribution in [3.63, 3.8) is 0 Å². The van der Waals surface area contributed by atoms with Crippen LogP contribution < -0.4 is 9.47 Å². The third-order valence-electron chi connectivity index (χ3n) is 3.55. The number of rotatable bonds is 8. The molecule has 0 aliphatic carbocycles. The number of ketones is 1. The van der Waals surface area contributed by atoms with Gasteiger partial charge in [-0.3, -0.25) is 4.79 Å². The van der Waals surface area contributed by atoms with Crippen LogP contribution in [0.5, 0.6) is 11.5 Å². The summed E-state index contributed by atoms with van der Waals surface area (Å²) in [6, 6.07) is 15.4. The van der Waals surface area contributed by atoms with Gasteiger partial charge in [0, 0.05) is 6.42 Å². The van der Waals surface area contributed by atoms with E-state index in [4.69, 9.17) is 14.7 Å². The molecule has 124 valence electrons. The zero-order valence-electron chi connectivity index (χ0n) is 14.0. The summed E-state index contributed by atoms with van der Waals surface area (Å²) in [6.45, 7) is 4.40. The molecular weight excluding hydrogens is 302 g/mol. The number of Topliss-reactive ketones (excluding diaryl/α,β-unsaturated/α-hetero) is 1. The Morgan fingerprint density at radius 1 is 1.12 bits per heavy atom. The molecule has 0 aliphatic heterocycles. The van der Waals surface area contributed by atoms with Gasteiger partial charge >= 0.3 is 0 Å². The number of aryl methyl sites for hydroxylation is 1. The van der Waals surface area contributed by atoms with Gasteiger partial charge in [-0.2, -0.15) is 5.26 Å². The maximum absolute atomic E-state index is 11.8. The van der Waals surface area contributed by atoms with E-state index in [-0.39, 0.29) is 5.78 Å². The highest BCUT2D eigenvalue weighted by Crippen LogP contribution is 2.25. The van der Waals surface area contributed by atoms with E-state index in [1.807, 2.05) is 31.2 Å². The number of benzene rings is 2. The van der Waals surface area contributed by atoms with Crippen molar-refractivity contribution in [2.45, 2.75) is 33.3 Å². The number of ether oxygens (including phenoxy) is 2. The van der Waals surface area contributed by atoms with Crippen LogP contribution in [0.2, 0.25) is 0 Å². The second kappa shape index (κ2) is 8.73. The lowest BCUT2D eigenvalue weighted by atomic mass is 10.1. The smallest absolute Gasteiger partial charge is 0.163 e. The van der Waals surface area contributed by atoms with Gasteiger partial charge in [-0.25, -0.2) is 0 Å². The third-order valence-corrected chi connectivity index (χ3v) is 3.55. The van der Waals surface area contributed by atoms with E-state index < -0.39 is 0 Å². The summed E-state index contributed by atoms with van der Waals surface area (Å²) in [5.41, 5.74) is 2.77. The Morgan fingerprint density at radius 3 is 2.54 bits per heavy atom. The molecule has 2 aromatic carbocycles. The molecule has 0 atom stereocenters. The van der Waals surface area contributed by atoms with Crippen LogP contribution in [-0.4, -0.2) is 12.4 Å². The van der Waals surface area contributed by atoms with E-state index >= 15 is 0 Å². The van der Waals surface area contributed by atoms with Crippen molar-refractivity contribution in [3.8, 4) is 17.6 Å². The summed E-state index contributed by atoms with van der Waals surface area (Å²) in [6.07, 6.45) is 1.08. The molecule has 0 heterocycles. The van der Waals surface area contributed by atoms with Gasteiger partial charge in [0.15, 0.2) is 5.78 Å². The van der Waals surface area contributed by atoms with Crippen molar-refractivity contribution in [1.29, 1.82) is 5.26 Å². The molecule has 0 saturated heterocycles. The van der Waals surface area contributed by atoms with Crippen LogP contribution in [0.15, 0.2) is 42.5 Å². The quantitative estimate of drug-likeness (QED) is 0.531. The molecule has 0 aliphatic rings. The van der Waals surface area contributed by atoms with Crippen LogP contribution in [-0.2, 0) is 6.61 Å². The van der Waals surface area contributed by atoms with E-state index in [9.17, 15) is 4.79 Å². The molecule has 4 nitrogen and oxygen atoms in total. The van der Waals surface area contributed by atoms with Gasteiger partial charge < -0.3 is 9.47 Å². The van der Waals surface area contributed by atoms with Crippen molar-refractivity contribution < 1.29 is 14.3 Å². The first-order chi connectivity index (χ1) is 11.6. The Balaban J connectivity index is 2.03. The third kappa shape index (κ3) is 5.13. The first-order valence-corrected chi connectivity index (χ1v) is 7.93. The van der Waals surface area contributed by atoms with Crippen molar-refractivity contribution in [3.05, 3.63) is 59.2 Å². The van der Waals surface area contributed by atoms with Crippen LogP contribution in [0.1, 0.15) is 41.3 Å². The van der Waals surface area contributed by atoms with Gasteiger partial charge in [-0.1, -0.05) is 29.8 Å². The zero-order valence-corrected chi connectivity index (χ0v) is 14.0. The number of unbranched alkanes of at least 4 members (excludes halogenated alkanes) is 1. The standard InChI is InChI=1S/C20H21NO3/c1-15-5-7-17(8-6-15)14-24-18-9-10-20(19(13-18)16(2)22)23-12-4-3-11-21/h5-10,13H,3-4,12,14H2,1-2H3. The highest BCUT2D eigenvalue weighted by atomic mass is 16.5. The van der Waals surface area contributed by atoms with Crippen molar-refractivity contribution >= 4 is 5.78 Å².